The Balaban J connectivity index is 1.45. The summed E-state index contributed by atoms with van der Waals surface area (Å²) >= 11 is 0. The molecule has 1 heterocycles. The van der Waals surface area contributed by atoms with Crippen LogP contribution < -0.4 is 5.32 Å². The maximum absolute atomic E-state index is 13.3. The Labute approximate surface area is 180 Å². The molecular weight excluding hydrogens is 372 g/mol. The summed E-state index contributed by atoms with van der Waals surface area (Å²) in [5.74, 6) is 0.716. The molecule has 2 atom stereocenters. The molecule has 1 fully saturated rings. The molecule has 2 aromatic rings. The number of aliphatic hydroxyl groups excluding tert-OH is 1. The first kappa shape index (κ1) is 21.1. The van der Waals surface area contributed by atoms with Gasteiger partial charge in [-0.05, 0) is 48.3 Å². The normalized spacial score (nSPS) is 20.6. The summed E-state index contributed by atoms with van der Waals surface area (Å²) in [7, 11) is 0. The number of hydrogen-bond acceptors (Lipinski definition) is 3. The number of carbonyl (C=O) groups is 1. The standard InChI is InChI=1S/C26H34N2O2/c29-19-23(17-20-9-3-1-4-10-20)27-18-25(30)28-16-15-21-11-7-8-14-24(21)26(28)22-12-5-2-6-13-22/h1,3-4,7-11,14,22-23,26-27,29H,2,5-6,12-13,15-19H2/t23-,26?/m1/s1. The zero-order valence-electron chi connectivity index (χ0n) is 17.8. The number of nitrogens with zero attached hydrogens (tertiary/aromatic N) is 1. The van der Waals surface area contributed by atoms with E-state index in [1.807, 2.05) is 18.2 Å². The second kappa shape index (κ2) is 10.2. The molecule has 0 bridgehead atoms. The van der Waals surface area contributed by atoms with E-state index in [1.165, 1.54) is 48.8 Å². The summed E-state index contributed by atoms with van der Waals surface area (Å²) in [6.07, 6.45) is 7.93. The first-order chi connectivity index (χ1) is 14.8. The molecule has 160 valence electrons. The first-order valence-electron chi connectivity index (χ1n) is 11.5. The van der Waals surface area contributed by atoms with E-state index in [-0.39, 0.29) is 31.1 Å². The van der Waals surface area contributed by atoms with Gasteiger partial charge in [0, 0.05) is 12.6 Å². The van der Waals surface area contributed by atoms with Gasteiger partial charge in [-0.3, -0.25) is 4.79 Å². The molecule has 0 saturated heterocycles. The lowest BCUT2D eigenvalue weighted by Crippen LogP contribution is -2.49. The van der Waals surface area contributed by atoms with Crippen LogP contribution in [0.1, 0.15) is 54.8 Å². The van der Waals surface area contributed by atoms with Crippen LogP contribution in [0.15, 0.2) is 54.6 Å². The molecule has 0 radical (unpaired) electrons. The minimum Gasteiger partial charge on any atom is -0.395 e. The topological polar surface area (TPSA) is 52.6 Å². The fourth-order valence-corrected chi connectivity index (χ4v) is 5.27. The summed E-state index contributed by atoms with van der Waals surface area (Å²) in [5, 5.41) is 13.1. The minimum absolute atomic E-state index is 0.0249. The van der Waals surface area contributed by atoms with E-state index < -0.39 is 0 Å². The van der Waals surface area contributed by atoms with Crippen LogP contribution in [-0.4, -0.2) is 41.7 Å². The Morgan fingerprint density at radius 2 is 1.77 bits per heavy atom. The van der Waals surface area contributed by atoms with Crippen molar-refractivity contribution in [1.82, 2.24) is 10.2 Å². The molecule has 4 rings (SSSR count). The van der Waals surface area contributed by atoms with E-state index in [0.29, 0.717) is 5.92 Å². The van der Waals surface area contributed by atoms with Crippen molar-refractivity contribution in [3.05, 3.63) is 71.3 Å². The number of nitrogens with one attached hydrogen (secondary N) is 1. The molecule has 1 amide bonds. The molecule has 0 spiro atoms. The average Bonchev–Trinajstić information content (AvgIpc) is 2.82. The number of rotatable bonds is 7. The third kappa shape index (κ3) is 4.93. The van der Waals surface area contributed by atoms with Gasteiger partial charge in [0.25, 0.3) is 0 Å². The van der Waals surface area contributed by atoms with E-state index in [9.17, 15) is 9.90 Å². The van der Waals surface area contributed by atoms with Crippen molar-refractivity contribution in [2.75, 3.05) is 19.7 Å². The molecule has 1 aliphatic carbocycles. The Hall–Kier alpha value is -2.17. The van der Waals surface area contributed by atoms with Gasteiger partial charge >= 0.3 is 0 Å². The maximum atomic E-state index is 13.3. The van der Waals surface area contributed by atoms with Crippen molar-refractivity contribution < 1.29 is 9.90 Å². The Morgan fingerprint density at radius 3 is 2.53 bits per heavy atom. The molecule has 2 aromatic carbocycles. The van der Waals surface area contributed by atoms with Crippen molar-refractivity contribution in [1.29, 1.82) is 0 Å². The van der Waals surface area contributed by atoms with Crippen molar-refractivity contribution in [3.8, 4) is 0 Å². The van der Waals surface area contributed by atoms with Crippen molar-refractivity contribution in [2.24, 2.45) is 5.92 Å². The third-order valence-corrected chi connectivity index (χ3v) is 6.84. The van der Waals surface area contributed by atoms with Gasteiger partial charge in [0.2, 0.25) is 5.91 Å². The number of fused-ring (bicyclic) bond motifs is 1. The zero-order valence-corrected chi connectivity index (χ0v) is 17.8. The van der Waals surface area contributed by atoms with Crippen LogP contribution in [0, 0.1) is 5.92 Å². The molecule has 1 saturated carbocycles. The summed E-state index contributed by atoms with van der Waals surface area (Å²) in [4.78, 5) is 15.4. The highest BCUT2D eigenvalue weighted by Gasteiger charge is 2.36. The van der Waals surface area contributed by atoms with Crippen LogP contribution >= 0.6 is 0 Å². The molecule has 1 unspecified atom stereocenters. The molecular formula is C26H34N2O2. The second-order valence-electron chi connectivity index (χ2n) is 8.83. The molecule has 1 aliphatic heterocycles. The van der Waals surface area contributed by atoms with Crippen molar-refractivity contribution in [2.45, 2.75) is 57.0 Å². The fourth-order valence-electron chi connectivity index (χ4n) is 5.27. The van der Waals surface area contributed by atoms with Crippen LogP contribution in [0.5, 0.6) is 0 Å². The van der Waals surface area contributed by atoms with Gasteiger partial charge in [-0.25, -0.2) is 0 Å². The Kier molecular flexibility index (Phi) is 7.19. The summed E-state index contributed by atoms with van der Waals surface area (Å²) in [5.41, 5.74) is 3.93. The van der Waals surface area contributed by atoms with Gasteiger partial charge in [0.1, 0.15) is 0 Å². The Morgan fingerprint density at radius 1 is 1.03 bits per heavy atom. The van der Waals surface area contributed by atoms with Crippen LogP contribution in [-0.2, 0) is 17.6 Å². The van der Waals surface area contributed by atoms with Crippen LogP contribution in [0.4, 0.5) is 0 Å². The number of carbonyl (C=O) groups excluding carboxylic acids is 1. The van der Waals surface area contributed by atoms with E-state index in [2.05, 4.69) is 46.6 Å². The highest BCUT2D eigenvalue weighted by atomic mass is 16.3. The number of amides is 1. The molecule has 2 aliphatic rings. The molecule has 4 nitrogen and oxygen atoms in total. The maximum Gasteiger partial charge on any atom is 0.237 e. The largest absolute Gasteiger partial charge is 0.395 e. The quantitative estimate of drug-likeness (QED) is 0.734. The minimum atomic E-state index is -0.110. The van der Waals surface area contributed by atoms with Crippen LogP contribution in [0.3, 0.4) is 0 Å². The predicted octanol–water partition coefficient (Wildman–Crippen LogP) is 3.89. The smallest absolute Gasteiger partial charge is 0.237 e. The number of benzene rings is 2. The van der Waals surface area contributed by atoms with E-state index in [1.54, 1.807) is 0 Å². The van der Waals surface area contributed by atoms with Gasteiger partial charge in [0.15, 0.2) is 0 Å². The third-order valence-electron chi connectivity index (χ3n) is 6.84. The van der Waals surface area contributed by atoms with E-state index in [0.717, 1.165) is 19.4 Å². The molecule has 2 N–H and O–H groups in total. The van der Waals surface area contributed by atoms with Gasteiger partial charge in [-0.2, -0.15) is 0 Å². The van der Waals surface area contributed by atoms with Crippen LogP contribution in [0.25, 0.3) is 0 Å². The first-order valence-corrected chi connectivity index (χ1v) is 11.5. The SMILES string of the molecule is O=C(CN[C@@H](CO)Cc1ccccc1)N1CCc2ccccc2C1C1CCCCC1. The van der Waals surface area contributed by atoms with Gasteiger partial charge in [0.05, 0.1) is 19.2 Å². The fraction of sp³-hybridized carbons (Fsp3) is 0.500. The highest BCUT2D eigenvalue weighted by Crippen LogP contribution is 2.41. The summed E-state index contributed by atoms with van der Waals surface area (Å²) in [6, 6.07) is 18.9. The monoisotopic (exact) mass is 406 g/mol. The predicted molar refractivity (Wildman–Crippen MR) is 120 cm³/mol. The van der Waals surface area contributed by atoms with E-state index in [4.69, 9.17) is 0 Å². The average molecular weight is 407 g/mol. The lowest BCUT2D eigenvalue weighted by molar-refractivity contribution is -0.135. The number of aliphatic hydroxyl groups is 1. The Bertz CT molecular complexity index is 817. The molecule has 30 heavy (non-hydrogen) atoms. The summed E-state index contributed by atoms with van der Waals surface area (Å²) < 4.78 is 0. The molecule has 4 heteroatoms. The lowest BCUT2D eigenvalue weighted by Gasteiger charge is -2.43. The van der Waals surface area contributed by atoms with Gasteiger partial charge in [-0.15, -0.1) is 0 Å². The zero-order chi connectivity index (χ0) is 20.8. The highest BCUT2D eigenvalue weighted by molar-refractivity contribution is 5.79. The van der Waals surface area contributed by atoms with Gasteiger partial charge < -0.3 is 15.3 Å². The van der Waals surface area contributed by atoms with Crippen molar-refractivity contribution in [3.63, 3.8) is 0 Å². The van der Waals surface area contributed by atoms with Crippen LogP contribution in [0.2, 0.25) is 0 Å². The molecule has 0 aromatic heterocycles. The van der Waals surface area contributed by atoms with E-state index >= 15 is 0 Å². The summed E-state index contributed by atoms with van der Waals surface area (Å²) in [6.45, 7) is 1.10. The second-order valence-corrected chi connectivity index (χ2v) is 8.83. The lowest BCUT2D eigenvalue weighted by atomic mass is 9.77. The number of hydrogen-bond donors (Lipinski definition) is 2. The van der Waals surface area contributed by atoms with Gasteiger partial charge in [-0.1, -0.05) is 73.9 Å². The van der Waals surface area contributed by atoms with Crippen molar-refractivity contribution >= 4 is 5.91 Å².